The van der Waals surface area contributed by atoms with Gasteiger partial charge in [-0.25, -0.2) is 0 Å². The summed E-state index contributed by atoms with van der Waals surface area (Å²) < 4.78 is 0. The highest BCUT2D eigenvalue weighted by molar-refractivity contribution is 5.88. The molecular formula is C11H24N6O3. The molecule has 0 heterocycles. The Morgan fingerprint density at radius 2 is 1.95 bits per heavy atom. The highest BCUT2D eigenvalue weighted by Gasteiger charge is 2.18. The van der Waals surface area contributed by atoms with Gasteiger partial charge in [0.2, 0.25) is 11.8 Å². The third kappa shape index (κ3) is 8.27. The van der Waals surface area contributed by atoms with Crippen molar-refractivity contribution < 1.29 is 14.7 Å². The Hall–Kier alpha value is -1.87. The van der Waals surface area contributed by atoms with Gasteiger partial charge in [-0.3, -0.25) is 14.6 Å². The summed E-state index contributed by atoms with van der Waals surface area (Å²) in [4.78, 5) is 26.6. The lowest BCUT2D eigenvalue weighted by molar-refractivity contribution is -0.128. The molecule has 0 rings (SSSR count). The topological polar surface area (TPSA) is 169 Å². The first-order chi connectivity index (χ1) is 9.40. The molecule has 0 aliphatic carbocycles. The van der Waals surface area contributed by atoms with Gasteiger partial charge in [0.1, 0.15) is 6.04 Å². The highest BCUT2D eigenvalue weighted by atomic mass is 16.3. The summed E-state index contributed by atoms with van der Waals surface area (Å²) in [7, 11) is 0. The number of hydrogen-bond donors (Lipinski definition) is 6. The maximum absolute atomic E-state index is 11.8. The van der Waals surface area contributed by atoms with E-state index in [2.05, 4.69) is 15.6 Å². The quantitative estimate of drug-likeness (QED) is 0.150. The molecule has 0 unspecified atom stereocenters. The number of rotatable bonds is 9. The molecule has 0 saturated carbocycles. The van der Waals surface area contributed by atoms with E-state index >= 15 is 0 Å². The minimum atomic E-state index is -0.710. The Morgan fingerprint density at radius 1 is 1.30 bits per heavy atom. The Morgan fingerprint density at radius 3 is 2.45 bits per heavy atom. The van der Waals surface area contributed by atoms with Crippen molar-refractivity contribution >= 4 is 17.8 Å². The van der Waals surface area contributed by atoms with Gasteiger partial charge < -0.3 is 32.9 Å². The van der Waals surface area contributed by atoms with E-state index in [4.69, 9.17) is 17.2 Å². The Labute approximate surface area is 118 Å². The molecule has 9 heteroatoms. The van der Waals surface area contributed by atoms with Gasteiger partial charge in [-0.2, -0.15) is 0 Å². The first-order valence-electron chi connectivity index (χ1n) is 6.36. The molecule has 0 radical (unpaired) electrons. The number of aliphatic imine (C=N–C) groups is 1. The standard InChI is InChI=1S/C11H24N6O3/c1-7(16-9(19)5-12)10(20)17-8(6-18)3-2-4-15-11(13)14/h7-8,18H,2-6,12H2,1H3,(H,16,19)(H,17,20)(H4,13,14,15)/t7-,8-/m0/s1. The molecule has 0 aromatic rings. The largest absolute Gasteiger partial charge is 0.394 e. The molecule has 0 aromatic heterocycles. The lowest BCUT2D eigenvalue weighted by Gasteiger charge is -2.19. The van der Waals surface area contributed by atoms with E-state index in [0.29, 0.717) is 19.4 Å². The molecule has 9 N–H and O–H groups in total. The number of hydrogen-bond acceptors (Lipinski definition) is 5. The number of guanidine groups is 1. The summed E-state index contributed by atoms with van der Waals surface area (Å²) in [5.41, 5.74) is 15.5. The molecule has 2 amide bonds. The van der Waals surface area contributed by atoms with E-state index in [9.17, 15) is 14.7 Å². The molecule has 116 valence electrons. The molecule has 0 aliphatic rings. The van der Waals surface area contributed by atoms with Crippen molar-refractivity contribution in [3.63, 3.8) is 0 Å². The van der Waals surface area contributed by atoms with Crippen LogP contribution in [0.3, 0.4) is 0 Å². The van der Waals surface area contributed by atoms with Crippen LogP contribution in [0.25, 0.3) is 0 Å². The minimum absolute atomic E-state index is 0.00713. The van der Waals surface area contributed by atoms with Gasteiger partial charge in [0, 0.05) is 6.54 Å². The number of aliphatic hydroxyl groups excluding tert-OH is 1. The lowest BCUT2D eigenvalue weighted by Crippen LogP contribution is -2.50. The molecular weight excluding hydrogens is 264 g/mol. The molecule has 2 atom stereocenters. The van der Waals surface area contributed by atoms with Crippen molar-refractivity contribution in [1.29, 1.82) is 0 Å². The van der Waals surface area contributed by atoms with E-state index < -0.39 is 18.0 Å². The van der Waals surface area contributed by atoms with Gasteiger partial charge in [0.05, 0.1) is 19.2 Å². The fourth-order valence-electron chi connectivity index (χ4n) is 1.45. The van der Waals surface area contributed by atoms with E-state index in [-0.39, 0.29) is 25.0 Å². The summed E-state index contributed by atoms with van der Waals surface area (Å²) in [6.07, 6.45) is 1.14. The van der Waals surface area contributed by atoms with Crippen LogP contribution in [0, 0.1) is 0 Å². The van der Waals surface area contributed by atoms with Crippen molar-refractivity contribution in [3.8, 4) is 0 Å². The van der Waals surface area contributed by atoms with E-state index in [1.165, 1.54) is 6.92 Å². The van der Waals surface area contributed by atoms with Crippen LogP contribution >= 0.6 is 0 Å². The van der Waals surface area contributed by atoms with Crippen LogP contribution in [-0.4, -0.2) is 54.7 Å². The molecule has 0 saturated heterocycles. The second kappa shape index (κ2) is 9.98. The zero-order chi connectivity index (χ0) is 15.5. The molecule has 0 aliphatic heterocycles. The number of nitrogens with one attached hydrogen (secondary N) is 2. The van der Waals surface area contributed by atoms with Crippen LogP contribution in [-0.2, 0) is 9.59 Å². The van der Waals surface area contributed by atoms with Crippen LogP contribution < -0.4 is 27.8 Å². The summed E-state index contributed by atoms with van der Waals surface area (Å²) in [6.45, 7) is 1.58. The number of nitrogens with two attached hydrogens (primary N) is 3. The maximum Gasteiger partial charge on any atom is 0.242 e. The Bertz CT molecular complexity index is 343. The predicted molar refractivity (Wildman–Crippen MR) is 75.6 cm³/mol. The SMILES string of the molecule is C[C@H](NC(=O)CN)C(=O)N[C@H](CO)CCCN=C(N)N. The molecule has 0 bridgehead atoms. The van der Waals surface area contributed by atoms with E-state index in [1.54, 1.807) is 0 Å². The van der Waals surface area contributed by atoms with Crippen LogP contribution in [0.5, 0.6) is 0 Å². The molecule has 9 nitrogen and oxygen atoms in total. The number of carbonyl (C=O) groups is 2. The second-order valence-corrected chi connectivity index (χ2v) is 4.33. The summed E-state index contributed by atoms with van der Waals surface area (Å²) in [6, 6.07) is -1.12. The fraction of sp³-hybridized carbons (Fsp3) is 0.727. The third-order valence-electron chi connectivity index (χ3n) is 2.53. The smallest absolute Gasteiger partial charge is 0.242 e. The summed E-state index contributed by atoms with van der Waals surface area (Å²) in [5.74, 6) is -0.790. The third-order valence-corrected chi connectivity index (χ3v) is 2.53. The van der Waals surface area contributed by atoms with Gasteiger partial charge in [0.15, 0.2) is 5.96 Å². The van der Waals surface area contributed by atoms with Gasteiger partial charge >= 0.3 is 0 Å². The predicted octanol–water partition coefficient (Wildman–Crippen LogP) is -3.02. The number of aliphatic hydroxyl groups is 1. The Balaban J connectivity index is 4.11. The second-order valence-electron chi connectivity index (χ2n) is 4.33. The average Bonchev–Trinajstić information content (AvgIpc) is 2.41. The van der Waals surface area contributed by atoms with Gasteiger partial charge in [-0.15, -0.1) is 0 Å². The number of carbonyl (C=O) groups excluding carboxylic acids is 2. The number of amides is 2. The van der Waals surface area contributed by atoms with Gasteiger partial charge in [-0.1, -0.05) is 0 Å². The van der Waals surface area contributed by atoms with Crippen LogP contribution in [0.15, 0.2) is 4.99 Å². The van der Waals surface area contributed by atoms with Crippen molar-refractivity contribution in [3.05, 3.63) is 0 Å². The molecule has 20 heavy (non-hydrogen) atoms. The first-order valence-corrected chi connectivity index (χ1v) is 6.36. The fourth-order valence-corrected chi connectivity index (χ4v) is 1.45. The van der Waals surface area contributed by atoms with Gasteiger partial charge in [-0.05, 0) is 19.8 Å². The number of nitrogens with zero attached hydrogens (tertiary/aromatic N) is 1. The minimum Gasteiger partial charge on any atom is -0.394 e. The van der Waals surface area contributed by atoms with Crippen molar-refractivity contribution in [2.75, 3.05) is 19.7 Å². The summed E-state index contributed by atoms with van der Waals surface area (Å²) in [5, 5.41) is 14.2. The van der Waals surface area contributed by atoms with Crippen molar-refractivity contribution in [1.82, 2.24) is 10.6 Å². The zero-order valence-corrected chi connectivity index (χ0v) is 11.6. The normalized spacial score (nSPS) is 13.2. The van der Waals surface area contributed by atoms with E-state index in [0.717, 1.165) is 0 Å². The summed E-state index contributed by atoms with van der Waals surface area (Å²) >= 11 is 0. The van der Waals surface area contributed by atoms with Crippen molar-refractivity contribution in [2.45, 2.75) is 31.8 Å². The van der Waals surface area contributed by atoms with Gasteiger partial charge in [0.25, 0.3) is 0 Å². The van der Waals surface area contributed by atoms with Crippen LogP contribution in [0.2, 0.25) is 0 Å². The molecule has 0 aromatic carbocycles. The lowest BCUT2D eigenvalue weighted by atomic mass is 10.1. The maximum atomic E-state index is 11.8. The highest BCUT2D eigenvalue weighted by Crippen LogP contribution is 1.98. The van der Waals surface area contributed by atoms with Crippen LogP contribution in [0.4, 0.5) is 0 Å². The first kappa shape index (κ1) is 18.1. The monoisotopic (exact) mass is 288 g/mol. The molecule has 0 spiro atoms. The van der Waals surface area contributed by atoms with Crippen LogP contribution in [0.1, 0.15) is 19.8 Å². The van der Waals surface area contributed by atoms with Crippen molar-refractivity contribution in [2.24, 2.45) is 22.2 Å². The van der Waals surface area contributed by atoms with E-state index in [1.807, 2.05) is 0 Å². The molecule has 0 fully saturated rings. The zero-order valence-electron chi connectivity index (χ0n) is 11.6. The Kier molecular flexibility index (Phi) is 9.05. The average molecular weight is 288 g/mol.